The first-order valence-electron chi connectivity index (χ1n) is 7.10. The van der Waals surface area contributed by atoms with Crippen LogP contribution in [0.4, 0.5) is 0 Å². The number of aromatic nitrogens is 2. The van der Waals surface area contributed by atoms with Gasteiger partial charge in [0.15, 0.2) is 5.78 Å². The molecule has 20 heavy (non-hydrogen) atoms. The highest BCUT2D eigenvalue weighted by molar-refractivity contribution is 6.08. The third-order valence-electron chi connectivity index (χ3n) is 3.86. The molecule has 0 bridgehead atoms. The maximum absolute atomic E-state index is 12.4. The molecule has 1 aromatic carbocycles. The highest BCUT2D eigenvalue weighted by atomic mass is 16.1. The Morgan fingerprint density at radius 1 is 1.20 bits per heavy atom. The van der Waals surface area contributed by atoms with Crippen molar-refractivity contribution in [3.05, 3.63) is 53.3 Å². The molecule has 104 valence electrons. The topological polar surface area (TPSA) is 46.9 Å². The van der Waals surface area contributed by atoms with Crippen LogP contribution in [0.5, 0.6) is 0 Å². The Labute approximate surface area is 118 Å². The second kappa shape index (κ2) is 5.59. The van der Waals surface area contributed by atoms with Crippen molar-refractivity contribution >= 4 is 5.78 Å². The van der Waals surface area contributed by atoms with Crippen LogP contribution in [0.25, 0.3) is 0 Å². The molecule has 0 spiro atoms. The Morgan fingerprint density at radius 3 is 2.60 bits per heavy atom. The van der Waals surface area contributed by atoms with E-state index in [9.17, 15) is 4.79 Å². The molecule has 1 saturated heterocycles. The number of carbonyl (C=O) groups is 1. The number of hydrogen-bond acceptors (Lipinski definition) is 3. The van der Waals surface area contributed by atoms with Crippen LogP contribution >= 0.6 is 0 Å². The molecule has 0 atom stereocenters. The zero-order valence-corrected chi connectivity index (χ0v) is 11.7. The van der Waals surface area contributed by atoms with E-state index in [4.69, 9.17) is 0 Å². The third kappa shape index (κ3) is 2.65. The fraction of sp³-hybridized carbons (Fsp3) is 0.375. The molecule has 0 saturated carbocycles. The first-order chi connectivity index (χ1) is 9.74. The lowest BCUT2D eigenvalue weighted by atomic mass is 10.0. The van der Waals surface area contributed by atoms with Crippen LogP contribution in [-0.2, 0) is 0 Å². The lowest BCUT2D eigenvalue weighted by Gasteiger charge is -2.22. The van der Waals surface area contributed by atoms with Crippen LogP contribution < -0.4 is 5.32 Å². The number of rotatable bonds is 3. The number of piperidine rings is 1. The van der Waals surface area contributed by atoms with Gasteiger partial charge >= 0.3 is 0 Å². The molecule has 0 amide bonds. The van der Waals surface area contributed by atoms with E-state index in [1.54, 1.807) is 6.20 Å². The van der Waals surface area contributed by atoms with Gasteiger partial charge in [0, 0.05) is 11.8 Å². The number of aryl methyl sites for hydroxylation is 1. The molecule has 1 aromatic heterocycles. The van der Waals surface area contributed by atoms with Gasteiger partial charge in [-0.05, 0) is 32.9 Å². The number of nitrogens with one attached hydrogen (secondary N) is 1. The zero-order valence-electron chi connectivity index (χ0n) is 11.7. The molecule has 4 nitrogen and oxygen atoms in total. The van der Waals surface area contributed by atoms with Crippen LogP contribution in [-0.4, -0.2) is 28.7 Å². The van der Waals surface area contributed by atoms with Gasteiger partial charge in [-0.25, -0.2) is 0 Å². The van der Waals surface area contributed by atoms with Crippen molar-refractivity contribution in [3.63, 3.8) is 0 Å². The number of benzene rings is 1. The Balaban J connectivity index is 1.78. The summed E-state index contributed by atoms with van der Waals surface area (Å²) >= 11 is 0. The average Bonchev–Trinajstić information content (AvgIpc) is 2.98. The summed E-state index contributed by atoms with van der Waals surface area (Å²) < 4.78 is 1.95. The van der Waals surface area contributed by atoms with Crippen LogP contribution in [0.15, 0.2) is 36.7 Å². The maximum Gasteiger partial charge on any atom is 0.196 e. The van der Waals surface area contributed by atoms with Gasteiger partial charge in [-0.1, -0.05) is 29.8 Å². The van der Waals surface area contributed by atoms with Gasteiger partial charge in [0.05, 0.1) is 17.8 Å². The van der Waals surface area contributed by atoms with Crippen molar-refractivity contribution < 1.29 is 4.79 Å². The van der Waals surface area contributed by atoms with Crippen molar-refractivity contribution in [2.45, 2.75) is 25.8 Å². The predicted molar refractivity (Wildman–Crippen MR) is 78.0 cm³/mol. The molecule has 0 radical (unpaired) electrons. The summed E-state index contributed by atoms with van der Waals surface area (Å²) in [6.45, 7) is 4.06. The molecule has 0 aliphatic carbocycles. The average molecular weight is 269 g/mol. The Morgan fingerprint density at radius 2 is 1.90 bits per heavy atom. The van der Waals surface area contributed by atoms with E-state index in [0.717, 1.165) is 37.1 Å². The summed E-state index contributed by atoms with van der Waals surface area (Å²) in [5.41, 5.74) is 2.56. The van der Waals surface area contributed by atoms with Crippen molar-refractivity contribution in [1.29, 1.82) is 0 Å². The van der Waals surface area contributed by atoms with E-state index in [1.165, 1.54) is 0 Å². The van der Waals surface area contributed by atoms with E-state index in [-0.39, 0.29) is 5.78 Å². The first-order valence-corrected chi connectivity index (χ1v) is 7.10. The van der Waals surface area contributed by atoms with Crippen LogP contribution in [0, 0.1) is 6.92 Å². The fourth-order valence-corrected chi connectivity index (χ4v) is 2.60. The standard InChI is InChI=1S/C16H19N3O/c1-12-2-4-13(5-3-12)16(20)14-10-18-19(11-14)15-6-8-17-9-7-15/h2-5,10-11,15,17H,6-9H2,1H3. The van der Waals surface area contributed by atoms with Gasteiger partial charge in [0.2, 0.25) is 0 Å². The maximum atomic E-state index is 12.4. The molecular formula is C16H19N3O. The Bertz CT molecular complexity index is 594. The zero-order chi connectivity index (χ0) is 13.9. The van der Waals surface area contributed by atoms with Crippen molar-refractivity contribution in [2.24, 2.45) is 0 Å². The van der Waals surface area contributed by atoms with Gasteiger partial charge in [-0.3, -0.25) is 9.48 Å². The molecule has 4 heteroatoms. The Kier molecular flexibility index (Phi) is 3.65. The summed E-state index contributed by atoms with van der Waals surface area (Å²) in [7, 11) is 0. The van der Waals surface area contributed by atoms with Crippen molar-refractivity contribution in [2.75, 3.05) is 13.1 Å². The SMILES string of the molecule is Cc1ccc(C(=O)c2cnn(C3CCNCC3)c2)cc1. The second-order valence-corrected chi connectivity index (χ2v) is 5.39. The fourth-order valence-electron chi connectivity index (χ4n) is 2.60. The molecule has 3 rings (SSSR count). The largest absolute Gasteiger partial charge is 0.317 e. The summed E-state index contributed by atoms with van der Waals surface area (Å²) in [6.07, 6.45) is 5.71. The minimum Gasteiger partial charge on any atom is -0.317 e. The van der Waals surface area contributed by atoms with Gasteiger partial charge < -0.3 is 5.32 Å². The quantitative estimate of drug-likeness (QED) is 0.870. The molecule has 1 fully saturated rings. The molecule has 0 unspecified atom stereocenters. The minimum absolute atomic E-state index is 0.0465. The predicted octanol–water partition coefficient (Wildman–Crippen LogP) is 2.35. The number of hydrogen-bond donors (Lipinski definition) is 1. The molecule has 1 N–H and O–H groups in total. The highest BCUT2D eigenvalue weighted by Crippen LogP contribution is 2.19. The summed E-state index contributed by atoms with van der Waals surface area (Å²) in [4.78, 5) is 12.4. The normalized spacial score (nSPS) is 16.2. The molecule has 2 heterocycles. The Hall–Kier alpha value is -1.94. The molecular weight excluding hydrogens is 250 g/mol. The van der Waals surface area contributed by atoms with Crippen LogP contribution in [0.3, 0.4) is 0 Å². The van der Waals surface area contributed by atoms with Crippen molar-refractivity contribution in [3.8, 4) is 0 Å². The van der Waals surface area contributed by atoms with Gasteiger partial charge in [-0.2, -0.15) is 5.10 Å². The monoisotopic (exact) mass is 269 g/mol. The summed E-state index contributed by atoms with van der Waals surface area (Å²) in [5.74, 6) is 0.0465. The number of nitrogens with zero attached hydrogens (tertiary/aromatic N) is 2. The molecule has 1 aliphatic heterocycles. The smallest absolute Gasteiger partial charge is 0.196 e. The van der Waals surface area contributed by atoms with Crippen LogP contribution in [0.1, 0.15) is 40.4 Å². The molecule has 2 aromatic rings. The number of carbonyl (C=O) groups excluding carboxylic acids is 1. The minimum atomic E-state index is 0.0465. The summed E-state index contributed by atoms with van der Waals surface area (Å²) in [5, 5.41) is 7.71. The number of ketones is 1. The summed E-state index contributed by atoms with van der Waals surface area (Å²) in [6, 6.07) is 8.09. The van der Waals surface area contributed by atoms with E-state index >= 15 is 0 Å². The van der Waals surface area contributed by atoms with E-state index < -0.39 is 0 Å². The van der Waals surface area contributed by atoms with E-state index in [2.05, 4.69) is 10.4 Å². The lowest BCUT2D eigenvalue weighted by molar-refractivity contribution is 0.103. The van der Waals surface area contributed by atoms with Crippen molar-refractivity contribution in [1.82, 2.24) is 15.1 Å². The lowest BCUT2D eigenvalue weighted by Crippen LogP contribution is -2.29. The first kappa shape index (κ1) is 13.1. The van der Waals surface area contributed by atoms with Gasteiger partial charge in [0.1, 0.15) is 0 Å². The van der Waals surface area contributed by atoms with E-state index in [0.29, 0.717) is 11.6 Å². The van der Waals surface area contributed by atoms with Gasteiger partial charge in [0.25, 0.3) is 0 Å². The highest BCUT2D eigenvalue weighted by Gasteiger charge is 2.18. The van der Waals surface area contributed by atoms with E-state index in [1.807, 2.05) is 42.1 Å². The van der Waals surface area contributed by atoms with Crippen LogP contribution in [0.2, 0.25) is 0 Å². The second-order valence-electron chi connectivity index (χ2n) is 5.39. The molecule has 1 aliphatic rings. The van der Waals surface area contributed by atoms with Gasteiger partial charge in [-0.15, -0.1) is 0 Å². The third-order valence-corrected chi connectivity index (χ3v) is 3.86.